The van der Waals surface area contributed by atoms with Crippen LogP contribution >= 0.6 is 0 Å². The number of aromatic nitrogens is 1. The fourth-order valence-electron chi connectivity index (χ4n) is 4.81. The summed E-state index contributed by atoms with van der Waals surface area (Å²) in [4.78, 5) is 11.2. The third-order valence-electron chi connectivity index (χ3n) is 7.09. The van der Waals surface area contributed by atoms with Gasteiger partial charge in [0.1, 0.15) is 19.0 Å². The summed E-state index contributed by atoms with van der Waals surface area (Å²) in [5.41, 5.74) is 1.56. The first-order valence-electron chi connectivity index (χ1n) is 13.4. The molecule has 4 aromatic rings. The van der Waals surface area contributed by atoms with Gasteiger partial charge in [-0.2, -0.15) is 17.2 Å². The Hall–Kier alpha value is -3.72. The highest BCUT2D eigenvalue weighted by Crippen LogP contribution is 2.36. The molecule has 0 amide bonds. The van der Waals surface area contributed by atoms with Gasteiger partial charge < -0.3 is 9.30 Å². The molecule has 0 bridgehead atoms. The molecule has 9 nitrogen and oxygen atoms in total. The molecule has 0 fully saturated rings. The molecular formula is C30H31F3N2O7S2. The molecule has 0 aliphatic rings. The Morgan fingerprint density at radius 2 is 1.66 bits per heavy atom. The number of hydrogen-bond acceptors (Lipinski definition) is 7. The fraction of sp³-hybridized carbons (Fsp3) is 0.300. The minimum absolute atomic E-state index is 0.0485. The first-order chi connectivity index (χ1) is 20.6. The number of rotatable bonds is 12. The molecular weight excluding hydrogens is 621 g/mol. The SMILES string of the molecule is CCOC(=O)Cn1c(C)c(Cc2ccc(S(=O)(=O)NC)c(C(F)(F)COS(=O)(=O)c3ccc(C)cc3)c2)c2cc(F)ccc21. The smallest absolute Gasteiger partial charge is 0.325 e. The van der Waals surface area contributed by atoms with E-state index in [1.54, 1.807) is 25.3 Å². The van der Waals surface area contributed by atoms with Crippen LogP contribution in [0.25, 0.3) is 10.9 Å². The Balaban J connectivity index is 1.76. The van der Waals surface area contributed by atoms with E-state index in [1.165, 1.54) is 48.5 Å². The average molecular weight is 653 g/mol. The maximum Gasteiger partial charge on any atom is 0.325 e. The van der Waals surface area contributed by atoms with Crippen molar-refractivity contribution in [3.63, 3.8) is 0 Å². The molecule has 0 saturated carbocycles. The van der Waals surface area contributed by atoms with Gasteiger partial charge in [-0.05, 0) is 87.8 Å². The van der Waals surface area contributed by atoms with Gasteiger partial charge in [0.05, 0.1) is 16.4 Å². The van der Waals surface area contributed by atoms with E-state index in [0.29, 0.717) is 22.2 Å². The number of carbonyl (C=O) groups is 1. The molecule has 0 aliphatic heterocycles. The van der Waals surface area contributed by atoms with Gasteiger partial charge in [-0.3, -0.25) is 8.98 Å². The second kappa shape index (κ2) is 12.7. The monoisotopic (exact) mass is 652 g/mol. The Morgan fingerprint density at radius 3 is 2.30 bits per heavy atom. The molecule has 1 N–H and O–H groups in total. The maximum absolute atomic E-state index is 15.7. The highest BCUT2D eigenvalue weighted by atomic mass is 32.2. The lowest BCUT2D eigenvalue weighted by molar-refractivity contribution is -0.143. The van der Waals surface area contributed by atoms with E-state index in [2.05, 4.69) is 0 Å². The first-order valence-corrected chi connectivity index (χ1v) is 16.3. The Labute approximate surface area is 253 Å². The van der Waals surface area contributed by atoms with Gasteiger partial charge in [-0.25, -0.2) is 17.5 Å². The van der Waals surface area contributed by atoms with Crippen LogP contribution in [0.1, 0.15) is 34.9 Å². The standard InChI is InChI=1S/C30H31F3N2O7S2/c1-5-41-29(36)17-35-20(3)24(25-16-22(31)9-12-27(25)35)14-21-8-13-28(43(37,38)34-4)26(15-21)30(32,33)18-42-44(39,40)23-10-6-19(2)7-11-23/h6-13,15-16,34H,5,14,17-18H2,1-4H3. The molecule has 1 aromatic heterocycles. The highest BCUT2D eigenvalue weighted by molar-refractivity contribution is 7.89. The van der Waals surface area contributed by atoms with Crippen LogP contribution in [-0.2, 0) is 52.7 Å². The van der Waals surface area contributed by atoms with Crippen LogP contribution in [0.15, 0.2) is 70.5 Å². The zero-order chi connectivity index (χ0) is 32.4. The number of sulfonamides is 1. The van der Waals surface area contributed by atoms with Crippen molar-refractivity contribution < 1.29 is 43.7 Å². The van der Waals surface area contributed by atoms with E-state index >= 15 is 8.78 Å². The van der Waals surface area contributed by atoms with Crippen molar-refractivity contribution in [3.8, 4) is 0 Å². The van der Waals surface area contributed by atoms with E-state index in [-0.39, 0.29) is 30.0 Å². The number of benzene rings is 3. The minimum atomic E-state index is -4.60. The normalized spacial score (nSPS) is 12.5. The highest BCUT2D eigenvalue weighted by Gasteiger charge is 2.39. The number of alkyl halides is 2. The number of nitrogens with zero attached hydrogens (tertiary/aromatic N) is 1. The van der Waals surface area contributed by atoms with Gasteiger partial charge in [-0.1, -0.05) is 23.8 Å². The van der Waals surface area contributed by atoms with Crippen LogP contribution in [0.2, 0.25) is 0 Å². The lowest BCUT2D eigenvalue weighted by atomic mass is 9.98. The minimum Gasteiger partial charge on any atom is -0.465 e. The fourth-order valence-corrected chi connectivity index (χ4v) is 6.68. The summed E-state index contributed by atoms with van der Waals surface area (Å²) in [5.74, 6) is -5.15. The number of nitrogens with one attached hydrogen (secondary N) is 1. The van der Waals surface area contributed by atoms with Crippen LogP contribution in [0.5, 0.6) is 0 Å². The lowest BCUT2D eigenvalue weighted by Crippen LogP contribution is -2.29. The Bertz CT molecular complexity index is 1920. The van der Waals surface area contributed by atoms with Crippen LogP contribution in [0.3, 0.4) is 0 Å². The van der Waals surface area contributed by atoms with Gasteiger partial charge in [-0.15, -0.1) is 0 Å². The summed E-state index contributed by atoms with van der Waals surface area (Å²) in [6.07, 6.45) is -0.0485. The molecule has 0 atom stereocenters. The van der Waals surface area contributed by atoms with Crippen LogP contribution < -0.4 is 4.72 Å². The molecule has 0 spiro atoms. The predicted molar refractivity (Wildman–Crippen MR) is 157 cm³/mol. The van der Waals surface area contributed by atoms with Gasteiger partial charge >= 0.3 is 5.97 Å². The summed E-state index contributed by atoms with van der Waals surface area (Å²) in [7, 11) is -7.96. The van der Waals surface area contributed by atoms with Crippen molar-refractivity contribution in [1.29, 1.82) is 0 Å². The zero-order valence-corrected chi connectivity index (χ0v) is 26.0. The largest absolute Gasteiger partial charge is 0.465 e. The van der Waals surface area contributed by atoms with E-state index < -0.39 is 54.9 Å². The van der Waals surface area contributed by atoms with Crippen LogP contribution in [-0.4, -0.2) is 47.6 Å². The Kier molecular flexibility index (Phi) is 9.59. The summed E-state index contributed by atoms with van der Waals surface area (Å²) < 4.78 is 110. The number of fused-ring (bicyclic) bond motifs is 1. The van der Waals surface area contributed by atoms with Gasteiger partial charge in [0.2, 0.25) is 10.0 Å². The van der Waals surface area contributed by atoms with Crippen LogP contribution in [0.4, 0.5) is 13.2 Å². The van der Waals surface area contributed by atoms with Crippen molar-refractivity contribution >= 4 is 37.0 Å². The van der Waals surface area contributed by atoms with Gasteiger partial charge in [0, 0.05) is 22.2 Å². The summed E-state index contributed by atoms with van der Waals surface area (Å²) in [6, 6.07) is 12.7. The van der Waals surface area contributed by atoms with E-state index in [0.717, 1.165) is 24.7 Å². The molecule has 4 rings (SSSR count). The molecule has 0 aliphatic carbocycles. The van der Waals surface area contributed by atoms with E-state index in [4.69, 9.17) is 8.92 Å². The van der Waals surface area contributed by atoms with Crippen molar-refractivity contribution in [1.82, 2.24) is 9.29 Å². The summed E-state index contributed by atoms with van der Waals surface area (Å²) in [5, 5.41) is 0.430. The van der Waals surface area contributed by atoms with E-state index in [9.17, 15) is 26.0 Å². The summed E-state index contributed by atoms with van der Waals surface area (Å²) >= 11 is 0. The number of hydrogen-bond donors (Lipinski definition) is 1. The second-order valence-electron chi connectivity index (χ2n) is 10.1. The topological polar surface area (TPSA) is 121 Å². The van der Waals surface area contributed by atoms with Crippen molar-refractivity contribution in [2.75, 3.05) is 20.3 Å². The number of halogens is 3. The number of aryl methyl sites for hydroxylation is 1. The number of ether oxygens (including phenoxy) is 1. The number of esters is 1. The van der Waals surface area contributed by atoms with Gasteiger partial charge in [0.15, 0.2) is 0 Å². The molecule has 236 valence electrons. The third-order valence-corrected chi connectivity index (χ3v) is 9.84. The zero-order valence-electron chi connectivity index (χ0n) is 24.4. The molecule has 44 heavy (non-hydrogen) atoms. The number of carbonyl (C=O) groups excluding carboxylic acids is 1. The lowest BCUT2D eigenvalue weighted by Gasteiger charge is -2.21. The van der Waals surface area contributed by atoms with Crippen molar-refractivity contribution in [2.45, 2.75) is 49.5 Å². The first kappa shape index (κ1) is 33.2. The molecule has 1 heterocycles. The van der Waals surface area contributed by atoms with Crippen molar-refractivity contribution in [3.05, 3.63) is 94.4 Å². The molecule has 0 saturated heterocycles. The van der Waals surface area contributed by atoms with Gasteiger partial charge in [0.25, 0.3) is 16.0 Å². The molecule has 3 aromatic carbocycles. The maximum atomic E-state index is 15.7. The molecule has 14 heteroatoms. The van der Waals surface area contributed by atoms with Crippen LogP contribution in [0, 0.1) is 19.7 Å². The molecule has 0 unspecified atom stereocenters. The second-order valence-corrected chi connectivity index (χ2v) is 13.5. The summed E-state index contributed by atoms with van der Waals surface area (Å²) in [6.45, 7) is 3.39. The predicted octanol–water partition coefficient (Wildman–Crippen LogP) is 4.96. The average Bonchev–Trinajstić information content (AvgIpc) is 3.21. The quantitative estimate of drug-likeness (QED) is 0.170. The Morgan fingerprint density at radius 1 is 0.977 bits per heavy atom. The van der Waals surface area contributed by atoms with Crippen molar-refractivity contribution in [2.24, 2.45) is 0 Å². The third kappa shape index (κ3) is 6.98. The molecule has 0 radical (unpaired) electrons. The van der Waals surface area contributed by atoms with E-state index in [1.807, 2.05) is 4.72 Å².